The van der Waals surface area contributed by atoms with E-state index in [-0.39, 0.29) is 11.6 Å². The summed E-state index contributed by atoms with van der Waals surface area (Å²) >= 11 is 0. The van der Waals surface area contributed by atoms with Crippen molar-refractivity contribution in [3.05, 3.63) is 53.5 Å². The van der Waals surface area contributed by atoms with Crippen LogP contribution in [0.2, 0.25) is 0 Å². The monoisotopic (exact) mass is 213 g/mol. The van der Waals surface area contributed by atoms with E-state index in [1.54, 1.807) is 12.3 Å². The summed E-state index contributed by atoms with van der Waals surface area (Å²) in [6, 6.07) is 7.86. The van der Waals surface area contributed by atoms with E-state index >= 15 is 0 Å². The third-order valence-corrected chi connectivity index (χ3v) is 2.78. The van der Waals surface area contributed by atoms with Gasteiger partial charge in [0, 0.05) is 23.7 Å². The number of hydrogen-bond donors (Lipinski definition) is 0. The molecule has 1 aliphatic rings. The van der Waals surface area contributed by atoms with Crippen molar-refractivity contribution in [3.8, 4) is 11.3 Å². The first kappa shape index (κ1) is 9.21. The molecule has 1 aromatic heterocycles. The maximum atomic E-state index is 13.2. The van der Waals surface area contributed by atoms with Crippen LogP contribution in [0.15, 0.2) is 36.5 Å². The molecule has 0 N–H and O–H groups in total. The van der Waals surface area contributed by atoms with Crippen LogP contribution < -0.4 is 0 Å². The largest absolute Gasteiger partial charge is 0.294 e. The summed E-state index contributed by atoms with van der Waals surface area (Å²) in [4.78, 5) is 16.0. The molecule has 2 aromatic rings. The van der Waals surface area contributed by atoms with Crippen molar-refractivity contribution in [3.63, 3.8) is 0 Å². The molecule has 1 aromatic carbocycles. The van der Waals surface area contributed by atoms with Crippen molar-refractivity contribution in [2.45, 2.75) is 6.42 Å². The highest BCUT2D eigenvalue weighted by molar-refractivity contribution is 6.06. The Bertz CT molecular complexity index is 592. The molecule has 0 fully saturated rings. The lowest BCUT2D eigenvalue weighted by Gasteiger charge is -2.17. The van der Waals surface area contributed by atoms with E-state index in [1.807, 2.05) is 6.07 Å². The first-order valence-electron chi connectivity index (χ1n) is 5.03. The Hall–Kier alpha value is -2.03. The first-order chi connectivity index (χ1) is 7.75. The second-order valence-electron chi connectivity index (χ2n) is 3.80. The average molecular weight is 213 g/mol. The van der Waals surface area contributed by atoms with Gasteiger partial charge in [-0.1, -0.05) is 6.07 Å². The van der Waals surface area contributed by atoms with Gasteiger partial charge in [0.25, 0.3) is 0 Å². The van der Waals surface area contributed by atoms with Gasteiger partial charge in [0.05, 0.1) is 5.69 Å². The summed E-state index contributed by atoms with van der Waals surface area (Å²) in [7, 11) is 0. The fraction of sp³-hybridized carbons (Fsp3) is 0.0769. The molecule has 16 heavy (non-hydrogen) atoms. The number of Topliss-reactive ketones (excluding diaryl/α,β-unsaturated/α-hetero) is 1. The van der Waals surface area contributed by atoms with Gasteiger partial charge in [0.1, 0.15) is 5.82 Å². The predicted octanol–water partition coefficient (Wildman–Crippen LogP) is 2.63. The molecule has 3 heteroatoms. The van der Waals surface area contributed by atoms with Gasteiger partial charge in [-0.2, -0.15) is 0 Å². The summed E-state index contributed by atoms with van der Waals surface area (Å²) in [6.07, 6.45) is 2.01. The lowest BCUT2D eigenvalue weighted by Crippen LogP contribution is -2.13. The van der Waals surface area contributed by atoms with Crippen LogP contribution in [0, 0.1) is 5.82 Å². The molecule has 0 amide bonds. The number of halogens is 1. The number of rotatable bonds is 0. The number of pyridine rings is 1. The van der Waals surface area contributed by atoms with E-state index in [2.05, 4.69) is 4.98 Å². The summed E-state index contributed by atoms with van der Waals surface area (Å²) < 4.78 is 13.2. The molecule has 0 unspecified atom stereocenters. The van der Waals surface area contributed by atoms with Gasteiger partial charge in [0.15, 0.2) is 5.78 Å². The number of nitrogens with zero attached hydrogens (tertiary/aromatic N) is 1. The Morgan fingerprint density at radius 3 is 2.94 bits per heavy atom. The molecule has 0 saturated carbocycles. The van der Waals surface area contributed by atoms with E-state index in [0.717, 1.165) is 11.3 Å². The summed E-state index contributed by atoms with van der Waals surface area (Å²) in [6.45, 7) is 0. The number of ketones is 1. The average Bonchev–Trinajstić information content (AvgIpc) is 2.29. The molecule has 1 aliphatic carbocycles. The molecule has 1 heterocycles. The van der Waals surface area contributed by atoms with Gasteiger partial charge in [-0.25, -0.2) is 4.39 Å². The first-order valence-corrected chi connectivity index (χ1v) is 5.03. The van der Waals surface area contributed by atoms with Gasteiger partial charge >= 0.3 is 0 Å². The van der Waals surface area contributed by atoms with E-state index < -0.39 is 0 Å². The third kappa shape index (κ3) is 1.25. The molecule has 0 saturated heterocycles. The second kappa shape index (κ2) is 3.23. The zero-order chi connectivity index (χ0) is 11.1. The molecule has 0 aliphatic heterocycles. The number of carbonyl (C=O) groups excluding carboxylic acids is 1. The highest BCUT2D eigenvalue weighted by Crippen LogP contribution is 2.31. The van der Waals surface area contributed by atoms with E-state index in [0.29, 0.717) is 17.5 Å². The molecular formula is C13H8FNO. The van der Waals surface area contributed by atoms with Crippen LogP contribution in [0.1, 0.15) is 15.9 Å². The predicted molar refractivity (Wildman–Crippen MR) is 57.7 cm³/mol. The topological polar surface area (TPSA) is 30.0 Å². The molecule has 0 atom stereocenters. The Kier molecular flexibility index (Phi) is 1.86. The summed E-state index contributed by atoms with van der Waals surface area (Å²) in [5, 5.41) is 0. The van der Waals surface area contributed by atoms with Gasteiger partial charge in [-0.15, -0.1) is 0 Å². The van der Waals surface area contributed by atoms with Crippen molar-refractivity contribution in [2.24, 2.45) is 0 Å². The molecule has 0 spiro atoms. The number of benzene rings is 1. The highest BCUT2D eigenvalue weighted by atomic mass is 19.1. The zero-order valence-corrected chi connectivity index (χ0v) is 8.40. The lowest BCUT2D eigenvalue weighted by molar-refractivity contribution is 0.0991. The normalized spacial score (nSPS) is 13.2. The van der Waals surface area contributed by atoms with Crippen molar-refractivity contribution >= 4 is 5.78 Å². The van der Waals surface area contributed by atoms with Crippen LogP contribution in [-0.2, 0) is 6.42 Å². The van der Waals surface area contributed by atoms with Crippen molar-refractivity contribution in [2.75, 3.05) is 0 Å². The second-order valence-corrected chi connectivity index (χ2v) is 3.80. The maximum Gasteiger partial charge on any atom is 0.168 e. The Morgan fingerprint density at radius 1 is 1.19 bits per heavy atom. The van der Waals surface area contributed by atoms with Crippen LogP contribution in [0.5, 0.6) is 0 Å². The van der Waals surface area contributed by atoms with Crippen LogP contribution in [0.4, 0.5) is 4.39 Å². The number of carbonyl (C=O) groups is 1. The summed E-state index contributed by atoms with van der Waals surface area (Å²) in [5.41, 5.74) is 2.75. The SMILES string of the molecule is O=C1Cc2cccnc2-c2cc(F)ccc21. The van der Waals surface area contributed by atoms with Gasteiger partial charge < -0.3 is 0 Å². The minimum atomic E-state index is -0.343. The highest BCUT2D eigenvalue weighted by Gasteiger charge is 2.23. The van der Waals surface area contributed by atoms with E-state index in [9.17, 15) is 9.18 Å². The number of hydrogen-bond acceptors (Lipinski definition) is 2. The van der Waals surface area contributed by atoms with Gasteiger partial charge in [-0.05, 0) is 29.8 Å². The number of fused-ring (bicyclic) bond motifs is 3. The Labute approximate surface area is 91.8 Å². The molecule has 2 nitrogen and oxygen atoms in total. The lowest BCUT2D eigenvalue weighted by atomic mass is 9.88. The molecule has 0 bridgehead atoms. The van der Waals surface area contributed by atoms with Crippen LogP contribution in [-0.4, -0.2) is 10.8 Å². The van der Waals surface area contributed by atoms with Crippen molar-refractivity contribution in [1.82, 2.24) is 4.98 Å². The standard InChI is InChI=1S/C13H8FNO/c14-9-3-4-10-11(7-9)13-8(6-12(10)16)2-1-5-15-13/h1-5,7H,6H2. The smallest absolute Gasteiger partial charge is 0.168 e. The molecule has 78 valence electrons. The van der Waals surface area contributed by atoms with Crippen LogP contribution in [0.3, 0.4) is 0 Å². The van der Waals surface area contributed by atoms with Crippen molar-refractivity contribution in [1.29, 1.82) is 0 Å². The minimum Gasteiger partial charge on any atom is -0.294 e. The maximum absolute atomic E-state index is 13.2. The zero-order valence-electron chi connectivity index (χ0n) is 8.40. The van der Waals surface area contributed by atoms with E-state index in [1.165, 1.54) is 18.2 Å². The van der Waals surface area contributed by atoms with Gasteiger partial charge in [-0.3, -0.25) is 9.78 Å². The van der Waals surface area contributed by atoms with Crippen LogP contribution >= 0.6 is 0 Å². The van der Waals surface area contributed by atoms with Crippen LogP contribution in [0.25, 0.3) is 11.3 Å². The fourth-order valence-electron chi connectivity index (χ4n) is 2.05. The number of aromatic nitrogens is 1. The fourth-order valence-corrected chi connectivity index (χ4v) is 2.05. The minimum absolute atomic E-state index is 0.0236. The Morgan fingerprint density at radius 2 is 2.06 bits per heavy atom. The molecule has 3 rings (SSSR count). The molecular weight excluding hydrogens is 205 g/mol. The van der Waals surface area contributed by atoms with Crippen molar-refractivity contribution < 1.29 is 9.18 Å². The Balaban J connectivity index is 2.34. The van der Waals surface area contributed by atoms with E-state index in [4.69, 9.17) is 0 Å². The third-order valence-electron chi connectivity index (χ3n) is 2.78. The quantitative estimate of drug-likeness (QED) is 0.673. The molecule has 0 radical (unpaired) electrons. The summed E-state index contributed by atoms with van der Waals surface area (Å²) in [5.74, 6) is -0.319. The van der Waals surface area contributed by atoms with Gasteiger partial charge in [0.2, 0.25) is 0 Å².